The average molecular weight is 388 g/mol. The Morgan fingerprint density at radius 3 is 2.50 bits per heavy atom. The lowest BCUT2D eigenvalue weighted by Crippen LogP contribution is -2.43. The maximum Gasteiger partial charge on any atom is 0.338 e. The third-order valence-corrected chi connectivity index (χ3v) is 10.5. The number of carbonyl (C=O) groups is 1. The zero-order valence-corrected chi connectivity index (χ0v) is 18.2. The van der Waals surface area contributed by atoms with Crippen molar-refractivity contribution < 1.29 is 14.0 Å². The summed E-state index contributed by atoms with van der Waals surface area (Å²) in [6.07, 6.45) is 0. The number of aromatic nitrogens is 1. The van der Waals surface area contributed by atoms with E-state index in [1.807, 2.05) is 19.1 Å². The average Bonchev–Trinajstić information content (AvgIpc) is 2.90. The molecule has 0 radical (unpaired) electrons. The van der Waals surface area contributed by atoms with Crippen LogP contribution in [-0.4, -0.2) is 26.4 Å². The Morgan fingerprint density at radius 1 is 1.19 bits per heavy atom. The van der Waals surface area contributed by atoms with Crippen LogP contribution in [0.15, 0.2) is 24.3 Å². The van der Waals surface area contributed by atoms with Gasteiger partial charge in [-0.1, -0.05) is 26.8 Å². The SMILES string of the molecule is COC(=O)c1cc(C)nc2sc3cccc(O[Si](C)(C)C(C)(C)C)c3c12. The Bertz CT molecular complexity index is 1000. The van der Waals surface area contributed by atoms with Crippen LogP contribution in [0.5, 0.6) is 5.75 Å². The number of rotatable bonds is 3. The quantitative estimate of drug-likeness (QED) is 0.413. The van der Waals surface area contributed by atoms with Crippen molar-refractivity contribution in [1.29, 1.82) is 0 Å². The minimum absolute atomic E-state index is 0.0843. The Hall–Kier alpha value is -1.92. The Labute approximate surface area is 159 Å². The van der Waals surface area contributed by atoms with Gasteiger partial charge in [0.25, 0.3) is 8.32 Å². The van der Waals surface area contributed by atoms with Gasteiger partial charge in [0, 0.05) is 21.2 Å². The topological polar surface area (TPSA) is 48.4 Å². The molecule has 0 bridgehead atoms. The molecule has 0 aliphatic heterocycles. The van der Waals surface area contributed by atoms with Crippen LogP contribution in [0.1, 0.15) is 36.8 Å². The predicted octanol–water partition coefficient (Wildman–Crippen LogP) is 5.93. The monoisotopic (exact) mass is 387 g/mol. The van der Waals surface area contributed by atoms with Crippen LogP contribution in [0.2, 0.25) is 18.1 Å². The number of esters is 1. The first kappa shape index (κ1) is 18.9. The molecule has 138 valence electrons. The number of nitrogens with zero attached hydrogens (tertiary/aromatic N) is 1. The molecule has 0 amide bonds. The largest absolute Gasteiger partial charge is 0.543 e. The highest BCUT2D eigenvalue weighted by molar-refractivity contribution is 7.25. The number of hydrogen-bond donors (Lipinski definition) is 0. The molecule has 3 rings (SSSR count). The van der Waals surface area contributed by atoms with E-state index in [0.717, 1.165) is 31.7 Å². The fourth-order valence-electron chi connectivity index (χ4n) is 2.69. The van der Waals surface area contributed by atoms with Gasteiger partial charge in [-0.3, -0.25) is 0 Å². The Morgan fingerprint density at radius 2 is 1.88 bits per heavy atom. The summed E-state index contributed by atoms with van der Waals surface area (Å²) in [7, 11) is -0.611. The molecule has 6 heteroatoms. The fraction of sp³-hybridized carbons (Fsp3) is 0.400. The molecular formula is C20H25NO3SSi. The van der Waals surface area contributed by atoms with E-state index in [1.54, 1.807) is 17.4 Å². The van der Waals surface area contributed by atoms with Gasteiger partial charge in [0.1, 0.15) is 10.6 Å². The lowest BCUT2D eigenvalue weighted by molar-refractivity contribution is 0.0603. The smallest absolute Gasteiger partial charge is 0.338 e. The molecule has 1 aromatic carbocycles. The van der Waals surface area contributed by atoms with Gasteiger partial charge in [0.2, 0.25) is 0 Å². The van der Waals surface area contributed by atoms with E-state index in [9.17, 15) is 4.79 Å². The Kier molecular flexibility index (Phi) is 4.61. The van der Waals surface area contributed by atoms with Crippen LogP contribution in [-0.2, 0) is 4.74 Å². The van der Waals surface area contributed by atoms with Crippen molar-refractivity contribution in [2.24, 2.45) is 0 Å². The number of thiophene rings is 1. The third-order valence-electron chi connectivity index (χ3n) is 5.14. The highest BCUT2D eigenvalue weighted by atomic mass is 32.1. The van der Waals surface area contributed by atoms with E-state index in [0.29, 0.717) is 5.56 Å². The minimum Gasteiger partial charge on any atom is -0.543 e. The van der Waals surface area contributed by atoms with Crippen LogP contribution in [0.4, 0.5) is 0 Å². The first-order chi connectivity index (χ1) is 12.0. The number of fused-ring (bicyclic) bond motifs is 3. The van der Waals surface area contributed by atoms with Crippen LogP contribution in [0.25, 0.3) is 20.3 Å². The maximum atomic E-state index is 12.4. The molecular weight excluding hydrogens is 362 g/mol. The van der Waals surface area contributed by atoms with E-state index in [1.165, 1.54) is 7.11 Å². The summed E-state index contributed by atoms with van der Waals surface area (Å²) in [4.78, 5) is 17.9. The van der Waals surface area contributed by atoms with Gasteiger partial charge in [-0.2, -0.15) is 0 Å². The second-order valence-corrected chi connectivity index (χ2v) is 13.8. The van der Waals surface area contributed by atoms with Gasteiger partial charge in [-0.25, -0.2) is 9.78 Å². The molecule has 3 aromatic rings. The molecule has 0 saturated carbocycles. The predicted molar refractivity (Wildman–Crippen MR) is 111 cm³/mol. The summed E-state index contributed by atoms with van der Waals surface area (Å²) in [5, 5.41) is 1.88. The lowest BCUT2D eigenvalue weighted by atomic mass is 10.1. The van der Waals surface area contributed by atoms with Gasteiger partial charge in [-0.15, -0.1) is 11.3 Å². The molecule has 2 heterocycles. The van der Waals surface area contributed by atoms with Gasteiger partial charge < -0.3 is 9.16 Å². The number of ether oxygens (including phenoxy) is 1. The van der Waals surface area contributed by atoms with Crippen LogP contribution < -0.4 is 4.43 Å². The molecule has 0 spiro atoms. The molecule has 0 fully saturated rings. The van der Waals surface area contributed by atoms with Gasteiger partial charge in [0.15, 0.2) is 0 Å². The van der Waals surface area contributed by atoms with Crippen molar-refractivity contribution in [3.8, 4) is 5.75 Å². The van der Waals surface area contributed by atoms with E-state index in [4.69, 9.17) is 9.16 Å². The molecule has 0 aliphatic carbocycles. The standard InChI is InChI=1S/C20H25NO3SSi/c1-12-11-13(19(22)23-5)16-17-14(24-26(6,7)20(2,3)4)9-8-10-15(17)25-18(16)21-12/h8-11H,1-7H3. The van der Waals surface area contributed by atoms with E-state index >= 15 is 0 Å². The van der Waals surface area contributed by atoms with Crippen molar-refractivity contribution in [3.05, 3.63) is 35.5 Å². The van der Waals surface area contributed by atoms with Gasteiger partial charge in [-0.05, 0) is 43.3 Å². The summed E-state index contributed by atoms with van der Waals surface area (Å²) >= 11 is 1.58. The summed E-state index contributed by atoms with van der Waals surface area (Å²) < 4.78 is 12.7. The molecule has 0 aliphatic rings. The zero-order chi connectivity index (χ0) is 19.3. The van der Waals surface area contributed by atoms with Crippen LogP contribution in [0.3, 0.4) is 0 Å². The normalized spacial score (nSPS) is 12.6. The molecule has 26 heavy (non-hydrogen) atoms. The molecule has 4 nitrogen and oxygen atoms in total. The second kappa shape index (κ2) is 6.35. The van der Waals surface area contributed by atoms with Crippen molar-refractivity contribution in [1.82, 2.24) is 4.98 Å². The van der Waals surface area contributed by atoms with Crippen LogP contribution in [0, 0.1) is 6.92 Å². The van der Waals surface area contributed by atoms with Gasteiger partial charge >= 0.3 is 5.97 Å². The fourth-order valence-corrected chi connectivity index (χ4v) is 4.88. The van der Waals surface area contributed by atoms with E-state index in [-0.39, 0.29) is 11.0 Å². The molecule has 2 aromatic heterocycles. The number of hydrogen-bond acceptors (Lipinski definition) is 5. The summed E-state index contributed by atoms with van der Waals surface area (Å²) in [5.74, 6) is 0.485. The number of carbonyl (C=O) groups excluding carboxylic acids is 1. The molecule has 0 unspecified atom stereocenters. The third kappa shape index (κ3) is 3.12. The van der Waals surface area contributed by atoms with Gasteiger partial charge in [0.05, 0.1) is 12.7 Å². The van der Waals surface area contributed by atoms with Crippen LogP contribution >= 0.6 is 11.3 Å². The highest BCUT2D eigenvalue weighted by Crippen LogP contribution is 2.44. The first-order valence-corrected chi connectivity index (χ1v) is 12.4. The second-order valence-electron chi connectivity index (χ2n) is 8.08. The first-order valence-electron chi connectivity index (χ1n) is 8.65. The van der Waals surface area contributed by atoms with E-state index in [2.05, 4.69) is 44.9 Å². The number of pyridine rings is 1. The number of methoxy groups -OCH3 is 1. The van der Waals surface area contributed by atoms with Crippen molar-refractivity contribution in [2.45, 2.75) is 45.8 Å². The number of aryl methyl sites for hydroxylation is 1. The van der Waals surface area contributed by atoms with Crippen molar-refractivity contribution in [3.63, 3.8) is 0 Å². The van der Waals surface area contributed by atoms with Crippen molar-refractivity contribution >= 4 is 45.9 Å². The van der Waals surface area contributed by atoms with E-state index < -0.39 is 8.32 Å². The molecule has 0 atom stereocenters. The zero-order valence-electron chi connectivity index (χ0n) is 16.4. The Balaban J connectivity index is 2.33. The number of benzene rings is 1. The molecule has 0 saturated heterocycles. The summed E-state index contributed by atoms with van der Waals surface area (Å²) in [5.41, 5.74) is 1.35. The summed E-state index contributed by atoms with van der Waals surface area (Å²) in [6, 6.07) is 7.85. The van der Waals surface area contributed by atoms with Crippen molar-refractivity contribution in [2.75, 3.05) is 7.11 Å². The molecule has 0 N–H and O–H groups in total. The minimum atomic E-state index is -2.02. The lowest BCUT2D eigenvalue weighted by Gasteiger charge is -2.36. The summed E-state index contributed by atoms with van der Waals surface area (Å²) in [6.45, 7) is 13.0. The maximum absolute atomic E-state index is 12.4. The highest BCUT2D eigenvalue weighted by Gasteiger charge is 2.39.